The van der Waals surface area contributed by atoms with Crippen LogP contribution in [0.15, 0.2) is 11.4 Å². The van der Waals surface area contributed by atoms with E-state index >= 15 is 0 Å². The summed E-state index contributed by atoms with van der Waals surface area (Å²) < 4.78 is 5.92. The molecule has 17 heavy (non-hydrogen) atoms. The molecule has 0 amide bonds. The second-order valence-corrected chi connectivity index (χ2v) is 5.37. The van der Waals surface area contributed by atoms with Crippen LogP contribution in [-0.2, 0) is 4.74 Å². The van der Waals surface area contributed by atoms with Gasteiger partial charge in [0.15, 0.2) is 0 Å². The highest BCUT2D eigenvalue weighted by Gasteiger charge is 2.23. The molecule has 0 aromatic carbocycles. The van der Waals surface area contributed by atoms with Gasteiger partial charge in [0, 0.05) is 11.5 Å². The molecule has 98 valence electrons. The molecule has 2 atom stereocenters. The van der Waals surface area contributed by atoms with Gasteiger partial charge in [0.05, 0.1) is 12.1 Å². The molecule has 0 radical (unpaired) electrons. The normalized spacial score (nSPS) is 14.8. The maximum absolute atomic E-state index is 5.92. The molecule has 1 heterocycles. The summed E-state index contributed by atoms with van der Waals surface area (Å²) in [6.45, 7) is 10.4. The van der Waals surface area contributed by atoms with Crippen LogP contribution in [0.3, 0.4) is 0 Å². The summed E-state index contributed by atoms with van der Waals surface area (Å²) in [6.07, 6.45) is 2.56. The molecule has 0 bridgehead atoms. The van der Waals surface area contributed by atoms with Crippen molar-refractivity contribution in [3.8, 4) is 0 Å². The van der Waals surface area contributed by atoms with Gasteiger partial charge in [0.25, 0.3) is 0 Å². The van der Waals surface area contributed by atoms with Crippen molar-refractivity contribution in [1.82, 2.24) is 5.32 Å². The molecular formula is C14H25NOS. The smallest absolute Gasteiger partial charge is 0.0769 e. The Morgan fingerprint density at radius 1 is 1.35 bits per heavy atom. The second kappa shape index (κ2) is 7.85. The molecule has 3 heteroatoms. The third-order valence-electron chi connectivity index (χ3n) is 2.98. The van der Waals surface area contributed by atoms with Crippen LogP contribution in [0.5, 0.6) is 0 Å². The number of hydrogen-bond acceptors (Lipinski definition) is 3. The number of aryl methyl sites for hydroxylation is 1. The van der Waals surface area contributed by atoms with E-state index in [1.165, 1.54) is 10.4 Å². The van der Waals surface area contributed by atoms with E-state index in [9.17, 15) is 0 Å². The lowest BCUT2D eigenvalue weighted by Gasteiger charge is -2.28. The van der Waals surface area contributed by atoms with Gasteiger partial charge in [-0.3, -0.25) is 0 Å². The summed E-state index contributed by atoms with van der Waals surface area (Å²) in [6, 6.07) is 2.57. The number of likely N-dealkylation sites (N-methyl/N-ethyl adjacent to an activating group) is 1. The molecule has 1 N–H and O–H groups in total. The number of thiophene rings is 1. The second-order valence-electron chi connectivity index (χ2n) is 4.25. The number of rotatable bonds is 8. The summed E-state index contributed by atoms with van der Waals surface area (Å²) in [7, 11) is 0. The first-order valence-electron chi connectivity index (χ1n) is 6.63. The topological polar surface area (TPSA) is 21.3 Å². The highest BCUT2D eigenvalue weighted by atomic mass is 32.1. The lowest BCUT2D eigenvalue weighted by atomic mass is 9.98. The van der Waals surface area contributed by atoms with Crippen LogP contribution in [0.1, 0.15) is 50.1 Å². The Hall–Kier alpha value is -0.380. The molecular weight excluding hydrogens is 230 g/mol. The Balaban J connectivity index is 2.85. The Labute approximate surface area is 109 Å². The predicted molar refractivity (Wildman–Crippen MR) is 75.8 cm³/mol. The van der Waals surface area contributed by atoms with Crippen LogP contribution in [0, 0.1) is 6.92 Å². The van der Waals surface area contributed by atoms with Gasteiger partial charge in [-0.15, -0.1) is 11.3 Å². The summed E-state index contributed by atoms with van der Waals surface area (Å²) >= 11 is 1.82. The summed E-state index contributed by atoms with van der Waals surface area (Å²) in [5.41, 5.74) is 1.41. The van der Waals surface area contributed by atoms with Crippen molar-refractivity contribution in [2.75, 3.05) is 13.2 Å². The Morgan fingerprint density at radius 3 is 2.59 bits per heavy atom. The van der Waals surface area contributed by atoms with E-state index in [1.54, 1.807) is 0 Å². The van der Waals surface area contributed by atoms with Crippen LogP contribution in [-0.4, -0.2) is 19.3 Å². The Bertz CT molecular complexity index is 305. The first kappa shape index (κ1) is 14.7. The highest BCUT2D eigenvalue weighted by Crippen LogP contribution is 2.28. The van der Waals surface area contributed by atoms with Crippen LogP contribution >= 0.6 is 11.3 Å². The van der Waals surface area contributed by atoms with Gasteiger partial charge in [0.1, 0.15) is 0 Å². The van der Waals surface area contributed by atoms with Crippen molar-refractivity contribution in [3.05, 3.63) is 21.9 Å². The van der Waals surface area contributed by atoms with Crippen molar-refractivity contribution in [2.24, 2.45) is 0 Å². The molecule has 0 aliphatic rings. The van der Waals surface area contributed by atoms with E-state index in [0.29, 0.717) is 12.1 Å². The van der Waals surface area contributed by atoms with Gasteiger partial charge in [-0.2, -0.15) is 0 Å². The summed E-state index contributed by atoms with van der Waals surface area (Å²) in [4.78, 5) is 1.40. The Morgan fingerprint density at radius 2 is 2.12 bits per heavy atom. The van der Waals surface area contributed by atoms with Gasteiger partial charge in [-0.25, -0.2) is 0 Å². The Kier molecular flexibility index (Phi) is 6.78. The molecule has 0 saturated heterocycles. The molecule has 0 fully saturated rings. The fourth-order valence-electron chi connectivity index (χ4n) is 2.22. The average Bonchev–Trinajstić information content (AvgIpc) is 2.72. The van der Waals surface area contributed by atoms with E-state index in [-0.39, 0.29) is 0 Å². The van der Waals surface area contributed by atoms with Crippen molar-refractivity contribution >= 4 is 11.3 Å². The summed E-state index contributed by atoms with van der Waals surface area (Å²) in [5, 5.41) is 5.75. The van der Waals surface area contributed by atoms with E-state index in [4.69, 9.17) is 4.74 Å². The zero-order valence-electron chi connectivity index (χ0n) is 11.5. The van der Waals surface area contributed by atoms with Gasteiger partial charge >= 0.3 is 0 Å². The van der Waals surface area contributed by atoms with Gasteiger partial charge in [-0.05, 0) is 43.8 Å². The van der Waals surface area contributed by atoms with Gasteiger partial charge < -0.3 is 10.1 Å². The average molecular weight is 255 g/mol. The third kappa shape index (κ3) is 4.09. The van der Waals surface area contributed by atoms with E-state index in [2.05, 4.69) is 44.5 Å². The fourth-order valence-corrected chi connectivity index (χ4v) is 2.97. The zero-order valence-corrected chi connectivity index (χ0v) is 12.3. The monoisotopic (exact) mass is 255 g/mol. The molecule has 0 aliphatic carbocycles. The molecule has 2 nitrogen and oxygen atoms in total. The minimum atomic E-state index is 0.290. The first-order valence-corrected chi connectivity index (χ1v) is 7.51. The van der Waals surface area contributed by atoms with Crippen LogP contribution < -0.4 is 5.32 Å². The molecule has 0 aliphatic heterocycles. The number of ether oxygens (including phenoxy) is 1. The molecule has 0 saturated carbocycles. The van der Waals surface area contributed by atoms with Crippen LogP contribution in [0.4, 0.5) is 0 Å². The largest absolute Gasteiger partial charge is 0.377 e. The van der Waals surface area contributed by atoms with Crippen molar-refractivity contribution in [1.29, 1.82) is 0 Å². The minimum absolute atomic E-state index is 0.290. The van der Waals surface area contributed by atoms with Gasteiger partial charge in [-0.1, -0.05) is 20.3 Å². The van der Waals surface area contributed by atoms with E-state index < -0.39 is 0 Å². The first-order chi connectivity index (χ1) is 8.24. The highest BCUT2D eigenvalue weighted by molar-refractivity contribution is 7.10. The number of hydrogen-bond donors (Lipinski definition) is 1. The maximum atomic E-state index is 5.92. The minimum Gasteiger partial charge on any atom is -0.377 e. The molecule has 1 aromatic rings. The van der Waals surface area contributed by atoms with E-state index in [1.807, 2.05) is 11.3 Å². The fraction of sp³-hybridized carbons (Fsp3) is 0.714. The maximum Gasteiger partial charge on any atom is 0.0769 e. The SMILES string of the molecule is CCCC(OCC)C(NCC)c1ccsc1C. The lowest BCUT2D eigenvalue weighted by Crippen LogP contribution is -2.34. The van der Waals surface area contributed by atoms with Gasteiger partial charge in [0.2, 0.25) is 0 Å². The standard InChI is InChI=1S/C14H25NOS/c1-5-8-13(16-7-3)14(15-6-2)12-9-10-17-11(12)4/h9-10,13-15H,5-8H2,1-4H3. The van der Waals surface area contributed by atoms with E-state index in [0.717, 1.165) is 26.0 Å². The molecule has 2 unspecified atom stereocenters. The van der Waals surface area contributed by atoms with Crippen LogP contribution in [0.2, 0.25) is 0 Å². The van der Waals surface area contributed by atoms with Crippen molar-refractivity contribution < 1.29 is 4.74 Å². The zero-order chi connectivity index (χ0) is 12.7. The summed E-state index contributed by atoms with van der Waals surface area (Å²) in [5.74, 6) is 0. The third-order valence-corrected chi connectivity index (χ3v) is 3.85. The predicted octanol–water partition coefficient (Wildman–Crippen LogP) is 3.91. The van der Waals surface area contributed by atoms with Crippen LogP contribution in [0.25, 0.3) is 0 Å². The molecule has 1 aromatic heterocycles. The number of nitrogens with one attached hydrogen (secondary N) is 1. The van der Waals surface area contributed by atoms with Crippen molar-refractivity contribution in [2.45, 2.75) is 52.7 Å². The lowest BCUT2D eigenvalue weighted by molar-refractivity contribution is 0.0280. The molecule has 0 spiro atoms. The quantitative estimate of drug-likeness (QED) is 0.760. The van der Waals surface area contributed by atoms with Crippen molar-refractivity contribution in [3.63, 3.8) is 0 Å². The molecule has 1 rings (SSSR count).